The van der Waals surface area contributed by atoms with Gasteiger partial charge in [-0.3, -0.25) is 4.79 Å². The van der Waals surface area contributed by atoms with Crippen LogP contribution in [0.2, 0.25) is 0 Å². The Labute approximate surface area is 98.4 Å². The minimum Gasteiger partial charge on any atom is -0.495 e. The molecule has 0 bridgehead atoms. The number of carbonyl (C=O) groups is 1. The highest BCUT2D eigenvalue weighted by Crippen LogP contribution is 2.25. The van der Waals surface area contributed by atoms with E-state index >= 15 is 0 Å². The number of carbonyl (C=O) groups excluding carboxylic acids is 1. The fraction of sp³-hybridized carbons (Fsp3) is 0.167. The van der Waals surface area contributed by atoms with Gasteiger partial charge < -0.3 is 14.6 Å². The average molecular weight is 232 g/mol. The summed E-state index contributed by atoms with van der Waals surface area (Å²) >= 11 is 0. The molecule has 88 valence electrons. The van der Waals surface area contributed by atoms with Crippen LogP contribution in [0.1, 0.15) is 15.9 Å². The number of hydrogen-bond acceptors (Lipinski definition) is 4. The van der Waals surface area contributed by atoms with Crippen molar-refractivity contribution < 1.29 is 14.1 Å². The Morgan fingerprint density at radius 1 is 1.47 bits per heavy atom. The van der Waals surface area contributed by atoms with Crippen LogP contribution in [-0.2, 0) is 0 Å². The van der Waals surface area contributed by atoms with Crippen molar-refractivity contribution in [3.8, 4) is 5.75 Å². The fourth-order valence-corrected chi connectivity index (χ4v) is 1.43. The summed E-state index contributed by atoms with van der Waals surface area (Å²) in [5.41, 5.74) is 2.03. The van der Waals surface area contributed by atoms with E-state index in [4.69, 9.17) is 4.74 Å². The summed E-state index contributed by atoms with van der Waals surface area (Å²) in [6.45, 7) is 1.94. The number of aryl methyl sites for hydroxylation is 1. The highest BCUT2D eigenvalue weighted by Gasteiger charge is 2.11. The molecule has 2 aromatic rings. The first kappa shape index (κ1) is 11.2. The lowest BCUT2D eigenvalue weighted by molar-refractivity contribution is 0.102. The van der Waals surface area contributed by atoms with Gasteiger partial charge in [-0.2, -0.15) is 0 Å². The Balaban J connectivity index is 2.23. The molecule has 0 fully saturated rings. The van der Waals surface area contributed by atoms with Crippen molar-refractivity contribution in [1.82, 2.24) is 5.16 Å². The van der Waals surface area contributed by atoms with E-state index in [1.165, 1.54) is 12.5 Å². The molecular weight excluding hydrogens is 220 g/mol. The van der Waals surface area contributed by atoms with E-state index in [0.29, 0.717) is 17.0 Å². The van der Waals surface area contributed by atoms with Crippen molar-refractivity contribution in [3.63, 3.8) is 0 Å². The molecule has 5 heteroatoms. The lowest BCUT2D eigenvalue weighted by Crippen LogP contribution is -2.11. The smallest absolute Gasteiger partial charge is 0.260 e. The summed E-state index contributed by atoms with van der Waals surface area (Å²) in [5.74, 6) is 0.329. The number of benzene rings is 1. The molecule has 0 saturated heterocycles. The maximum absolute atomic E-state index is 11.8. The molecule has 1 heterocycles. The van der Waals surface area contributed by atoms with Gasteiger partial charge in [-0.15, -0.1) is 0 Å². The zero-order chi connectivity index (χ0) is 12.3. The van der Waals surface area contributed by atoms with Crippen molar-refractivity contribution in [3.05, 3.63) is 41.8 Å². The molecule has 5 nitrogen and oxygen atoms in total. The number of aromatic nitrogens is 1. The third kappa shape index (κ3) is 2.44. The Morgan fingerprint density at radius 3 is 2.94 bits per heavy atom. The minimum atomic E-state index is -0.282. The number of nitrogens with zero attached hydrogens (tertiary/aromatic N) is 1. The van der Waals surface area contributed by atoms with Crippen molar-refractivity contribution in [1.29, 1.82) is 0 Å². The molecule has 0 aliphatic rings. The number of methoxy groups -OCH3 is 1. The average Bonchev–Trinajstić information content (AvgIpc) is 2.83. The number of rotatable bonds is 3. The highest BCUT2D eigenvalue weighted by molar-refractivity contribution is 6.04. The molecule has 1 aromatic heterocycles. The first-order valence-corrected chi connectivity index (χ1v) is 5.06. The Kier molecular flexibility index (Phi) is 3.09. The number of nitrogens with one attached hydrogen (secondary N) is 1. The fourth-order valence-electron chi connectivity index (χ4n) is 1.43. The lowest BCUT2D eigenvalue weighted by Gasteiger charge is -2.09. The van der Waals surface area contributed by atoms with E-state index in [1.807, 2.05) is 19.1 Å². The van der Waals surface area contributed by atoms with Gasteiger partial charge in [0, 0.05) is 0 Å². The zero-order valence-corrected chi connectivity index (χ0v) is 9.56. The second kappa shape index (κ2) is 4.69. The van der Waals surface area contributed by atoms with E-state index < -0.39 is 0 Å². The van der Waals surface area contributed by atoms with Gasteiger partial charge in [0.15, 0.2) is 0 Å². The van der Waals surface area contributed by atoms with Crippen LogP contribution in [0.25, 0.3) is 0 Å². The quantitative estimate of drug-likeness (QED) is 0.881. The number of anilines is 1. The summed E-state index contributed by atoms with van der Waals surface area (Å²) in [6.07, 6.45) is 2.65. The van der Waals surface area contributed by atoms with E-state index in [0.717, 1.165) is 5.56 Å². The van der Waals surface area contributed by atoms with E-state index in [2.05, 4.69) is 15.0 Å². The molecule has 0 radical (unpaired) electrons. The topological polar surface area (TPSA) is 64.4 Å². The van der Waals surface area contributed by atoms with E-state index in [-0.39, 0.29) is 5.91 Å². The van der Waals surface area contributed by atoms with Crippen molar-refractivity contribution in [2.75, 3.05) is 12.4 Å². The van der Waals surface area contributed by atoms with Crippen LogP contribution in [0.3, 0.4) is 0 Å². The maximum Gasteiger partial charge on any atom is 0.260 e. The van der Waals surface area contributed by atoms with Gasteiger partial charge in [-0.25, -0.2) is 0 Å². The molecule has 1 N–H and O–H groups in total. The number of ether oxygens (including phenoxy) is 1. The maximum atomic E-state index is 11.8. The van der Waals surface area contributed by atoms with Gasteiger partial charge in [0.05, 0.1) is 24.6 Å². The monoisotopic (exact) mass is 232 g/mol. The molecule has 1 amide bonds. The zero-order valence-electron chi connectivity index (χ0n) is 9.56. The number of hydrogen-bond donors (Lipinski definition) is 1. The lowest BCUT2D eigenvalue weighted by atomic mass is 10.2. The summed E-state index contributed by atoms with van der Waals surface area (Å²) in [6, 6.07) is 5.55. The molecule has 0 spiro atoms. The molecular formula is C12H12N2O3. The molecule has 0 aliphatic carbocycles. The van der Waals surface area contributed by atoms with Gasteiger partial charge in [-0.05, 0) is 24.6 Å². The van der Waals surface area contributed by atoms with Crippen LogP contribution in [0, 0.1) is 6.92 Å². The molecule has 1 aromatic carbocycles. The normalized spacial score (nSPS) is 10.0. The van der Waals surface area contributed by atoms with Gasteiger partial charge in [0.1, 0.15) is 12.0 Å². The van der Waals surface area contributed by atoms with Gasteiger partial charge in [0.25, 0.3) is 5.91 Å². The summed E-state index contributed by atoms with van der Waals surface area (Å²) < 4.78 is 9.78. The Morgan fingerprint density at radius 2 is 2.29 bits per heavy atom. The van der Waals surface area contributed by atoms with E-state index in [9.17, 15) is 4.79 Å². The SMILES string of the molecule is COc1ccc(C)cc1NC(=O)c1cnoc1. The second-order valence-electron chi connectivity index (χ2n) is 3.57. The van der Waals surface area contributed by atoms with Gasteiger partial charge in [-0.1, -0.05) is 11.2 Å². The Hall–Kier alpha value is -2.30. The number of amides is 1. The van der Waals surface area contributed by atoms with Gasteiger partial charge in [0.2, 0.25) is 0 Å². The van der Waals surface area contributed by atoms with Crippen molar-refractivity contribution in [2.24, 2.45) is 0 Å². The third-order valence-corrected chi connectivity index (χ3v) is 2.30. The minimum absolute atomic E-state index is 0.282. The highest BCUT2D eigenvalue weighted by atomic mass is 16.5. The van der Waals surface area contributed by atoms with Crippen molar-refractivity contribution >= 4 is 11.6 Å². The summed E-state index contributed by atoms with van der Waals surface area (Å²) in [4.78, 5) is 11.8. The Bertz CT molecular complexity index is 521. The largest absolute Gasteiger partial charge is 0.495 e. The molecule has 0 unspecified atom stereocenters. The predicted octanol–water partition coefficient (Wildman–Crippen LogP) is 2.24. The van der Waals surface area contributed by atoms with Crippen LogP contribution in [0.4, 0.5) is 5.69 Å². The van der Waals surface area contributed by atoms with Crippen LogP contribution in [-0.4, -0.2) is 18.2 Å². The van der Waals surface area contributed by atoms with Crippen LogP contribution >= 0.6 is 0 Å². The van der Waals surface area contributed by atoms with Crippen LogP contribution in [0.15, 0.2) is 35.2 Å². The van der Waals surface area contributed by atoms with Crippen LogP contribution < -0.4 is 10.1 Å². The first-order valence-electron chi connectivity index (χ1n) is 5.06. The van der Waals surface area contributed by atoms with Gasteiger partial charge >= 0.3 is 0 Å². The summed E-state index contributed by atoms with van der Waals surface area (Å²) in [7, 11) is 1.56. The summed E-state index contributed by atoms with van der Waals surface area (Å²) in [5, 5.41) is 6.22. The second-order valence-corrected chi connectivity index (χ2v) is 3.57. The predicted molar refractivity (Wildman–Crippen MR) is 62.2 cm³/mol. The first-order chi connectivity index (χ1) is 8.20. The van der Waals surface area contributed by atoms with E-state index in [1.54, 1.807) is 13.2 Å². The molecule has 2 rings (SSSR count). The van der Waals surface area contributed by atoms with Crippen LogP contribution in [0.5, 0.6) is 5.75 Å². The van der Waals surface area contributed by atoms with Crippen molar-refractivity contribution in [2.45, 2.75) is 6.92 Å². The molecule has 0 atom stereocenters. The molecule has 0 aliphatic heterocycles. The third-order valence-electron chi connectivity index (χ3n) is 2.30. The molecule has 17 heavy (non-hydrogen) atoms. The standard InChI is InChI=1S/C12H12N2O3/c1-8-3-4-11(16-2)10(5-8)14-12(15)9-6-13-17-7-9/h3-7H,1-2H3,(H,14,15). The molecule has 0 saturated carbocycles.